The van der Waals surface area contributed by atoms with Crippen LogP contribution in [0.4, 0.5) is 11.4 Å². The highest BCUT2D eigenvalue weighted by atomic mass is 32.2. The summed E-state index contributed by atoms with van der Waals surface area (Å²) in [6, 6.07) is 4.35. The van der Waals surface area contributed by atoms with Gasteiger partial charge in [0.15, 0.2) is 9.84 Å². The third-order valence-electron chi connectivity index (χ3n) is 3.28. The minimum Gasteiger partial charge on any atom is -0.478 e. The Kier molecular flexibility index (Phi) is 3.66. The zero-order valence-electron chi connectivity index (χ0n) is 10.3. The Morgan fingerprint density at radius 2 is 2.21 bits per heavy atom. The van der Waals surface area contributed by atoms with Crippen molar-refractivity contribution in [3.05, 3.63) is 23.8 Å². The smallest absolute Gasteiger partial charge is 0.335 e. The zero-order chi connectivity index (χ0) is 14.0. The molecule has 0 radical (unpaired) electrons. The van der Waals surface area contributed by atoms with Crippen molar-refractivity contribution in [2.45, 2.75) is 18.1 Å². The van der Waals surface area contributed by atoms with E-state index in [-0.39, 0.29) is 16.6 Å². The number of carboxylic acids is 1. The Morgan fingerprint density at radius 1 is 1.47 bits per heavy atom. The number of carboxylic acid groups (broad SMARTS) is 1. The zero-order valence-corrected chi connectivity index (χ0v) is 11.1. The number of anilines is 2. The van der Waals surface area contributed by atoms with Crippen LogP contribution in [0.15, 0.2) is 18.2 Å². The fourth-order valence-electron chi connectivity index (χ4n) is 2.17. The molecule has 0 amide bonds. The lowest BCUT2D eigenvalue weighted by Crippen LogP contribution is -2.25. The van der Waals surface area contributed by atoms with Gasteiger partial charge in [0.05, 0.1) is 27.9 Å². The van der Waals surface area contributed by atoms with Crippen LogP contribution >= 0.6 is 0 Å². The fourth-order valence-corrected chi connectivity index (χ4v) is 3.93. The van der Waals surface area contributed by atoms with Crippen LogP contribution in [0.1, 0.15) is 23.2 Å². The van der Waals surface area contributed by atoms with Gasteiger partial charge in [0.1, 0.15) is 0 Å². The van der Waals surface area contributed by atoms with E-state index in [1.807, 2.05) is 0 Å². The maximum absolute atomic E-state index is 11.7. The first-order valence-corrected chi connectivity index (χ1v) is 7.70. The number of aromatic carboxylic acids is 1. The van der Waals surface area contributed by atoms with Crippen LogP contribution in [-0.4, -0.2) is 37.0 Å². The van der Waals surface area contributed by atoms with Gasteiger partial charge >= 0.3 is 5.97 Å². The predicted molar refractivity (Wildman–Crippen MR) is 73.1 cm³/mol. The molecule has 1 unspecified atom stereocenters. The van der Waals surface area contributed by atoms with E-state index in [1.54, 1.807) is 6.07 Å². The molecule has 1 aliphatic heterocycles. The van der Waals surface area contributed by atoms with E-state index in [1.165, 1.54) is 12.1 Å². The van der Waals surface area contributed by atoms with E-state index in [0.717, 1.165) is 0 Å². The summed E-state index contributed by atoms with van der Waals surface area (Å²) in [5.74, 6) is -0.802. The molecule has 4 N–H and O–H groups in total. The summed E-state index contributed by atoms with van der Waals surface area (Å²) in [6.07, 6.45) is 1.35. The number of nitrogens with two attached hydrogens (primary N) is 1. The summed E-state index contributed by atoms with van der Waals surface area (Å²) in [7, 11) is -2.99. The van der Waals surface area contributed by atoms with E-state index < -0.39 is 15.8 Å². The molecule has 0 spiro atoms. The highest BCUT2D eigenvalue weighted by Crippen LogP contribution is 2.23. The summed E-state index contributed by atoms with van der Waals surface area (Å²) in [5, 5.41) is 11.4. The van der Waals surface area contributed by atoms with Crippen molar-refractivity contribution in [2.75, 3.05) is 23.3 Å². The SMILES string of the molecule is Nc1cc(C(=O)O)ccc1NCC1CCCS1(=O)=O. The molecule has 1 heterocycles. The maximum atomic E-state index is 11.7. The molecule has 1 fully saturated rings. The fraction of sp³-hybridized carbons (Fsp3) is 0.417. The molecule has 1 saturated heterocycles. The minimum absolute atomic E-state index is 0.108. The molecule has 0 aromatic heterocycles. The Labute approximate surface area is 111 Å². The van der Waals surface area contributed by atoms with Crippen molar-refractivity contribution < 1.29 is 18.3 Å². The van der Waals surface area contributed by atoms with Crippen molar-refractivity contribution in [3.8, 4) is 0 Å². The Balaban J connectivity index is 2.06. The average molecular weight is 284 g/mol. The third kappa shape index (κ3) is 2.98. The van der Waals surface area contributed by atoms with Crippen LogP contribution < -0.4 is 11.1 Å². The van der Waals surface area contributed by atoms with Crippen LogP contribution in [0, 0.1) is 0 Å². The first kappa shape index (κ1) is 13.7. The minimum atomic E-state index is -2.99. The quantitative estimate of drug-likeness (QED) is 0.710. The number of hydrogen-bond donors (Lipinski definition) is 3. The monoisotopic (exact) mass is 284 g/mol. The van der Waals surface area contributed by atoms with E-state index in [4.69, 9.17) is 10.8 Å². The highest BCUT2D eigenvalue weighted by molar-refractivity contribution is 7.92. The largest absolute Gasteiger partial charge is 0.478 e. The predicted octanol–water partition coefficient (Wildman–Crippen LogP) is 0.956. The van der Waals surface area contributed by atoms with Crippen molar-refractivity contribution in [3.63, 3.8) is 0 Å². The van der Waals surface area contributed by atoms with Gasteiger partial charge in [-0.15, -0.1) is 0 Å². The standard InChI is InChI=1S/C12H16N2O4S/c13-10-6-8(12(15)16)3-4-11(10)14-7-9-2-1-5-19(9,17)18/h3-4,6,9,14H,1-2,5,7,13H2,(H,15,16). The van der Waals surface area contributed by atoms with Crippen LogP contribution in [0.5, 0.6) is 0 Å². The second-order valence-corrected chi connectivity index (χ2v) is 7.02. The Morgan fingerprint density at radius 3 is 2.74 bits per heavy atom. The molecule has 1 atom stereocenters. The molecule has 7 heteroatoms. The summed E-state index contributed by atoms with van der Waals surface area (Å²) in [6.45, 7) is 0.305. The lowest BCUT2D eigenvalue weighted by Gasteiger charge is -2.13. The molecule has 0 bridgehead atoms. The molecule has 6 nitrogen and oxygen atoms in total. The second kappa shape index (κ2) is 5.08. The highest BCUT2D eigenvalue weighted by Gasteiger charge is 2.30. The van der Waals surface area contributed by atoms with Gasteiger partial charge in [-0.2, -0.15) is 0 Å². The summed E-state index contributed by atoms with van der Waals surface area (Å²) in [4.78, 5) is 10.8. The number of nitrogens with one attached hydrogen (secondary N) is 1. The molecular formula is C12H16N2O4S. The van der Waals surface area contributed by atoms with Crippen LogP contribution in [0.3, 0.4) is 0 Å². The molecular weight excluding hydrogens is 268 g/mol. The topological polar surface area (TPSA) is 109 Å². The van der Waals surface area contributed by atoms with E-state index in [9.17, 15) is 13.2 Å². The van der Waals surface area contributed by atoms with Gasteiger partial charge in [0.2, 0.25) is 0 Å². The number of hydrogen-bond acceptors (Lipinski definition) is 5. The number of carbonyl (C=O) groups is 1. The van der Waals surface area contributed by atoms with Crippen LogP contribution in [-0.2, 0) is 9.84 Å². The molecule has 0 aliphatic carbocycles. The third-order valence-corrected chi connectivity index (χ3v) is 5.56. The van der Waals surface area contributed by atoms with Crippen molar-refractivity contribution in [1.29, 1.82) is 0 Å². The summed E-state index contributed by atoms with van der Waals surface area (Å²) in [5.41, 5.74) is 6.71. The van der Waals surface area contributed by atoms with Gasteiger partial charge in [-0.3, -0.25) is 0 Å². The number of nitrogen functional groups attached to an aromatic ring is 1. The molecule has 1 aromatic carbocycles. The van der Waals surface area contributed by atoms with Crippen molar-refractivity contribution >= 4 is 27.2 Å². The number of rotatable bonds is 4. The first-order valence-electron chi connectivity index (χ1n) is 5.98. The molecule has 19 heavy (non-hydrogen) atoms. The summed E-state index contributed by atoms with van der Waals surface area (Å²) < 4.78 is 23.3. The van der Waals surface area contributed by atoms with Crippen LogP contribution in [0.25, 0.3) is 0 Å². The molecule has 0 saturated carbocycles. The first-order chi connectivity index (χ1) is 8.90. The second-order valence-electron chi connectivity index (χ2n) is 4.62. The lowest BCUT2D eigenvalue weighted by molar-refractivity contribution is 0.0697. The van der Waals surface area contributed by atoms with Gasteiger partial charge < -0.3 is 16.2 Å². The molecule has 2 rings (SSSR count). The van der Waals surface area contributed by atoms with E-state index >= 15 is 0 Å². The van der Waals surface area contributed by atoms with E-state index in [0.29, 0.717) is 30.8 Å². The van der Waals surface area contributed by atoms with Gasteiger partial charge in [-0.05, 0) is 31.0 Å². The normalized spacial score (nSPS) is 21.2. The molecule has 1 aliphatic rings. The average Bonchev–Trinajstić information content (AvgIpc) is 2.66. The van der Waals surface area contributed by atoms with Gasteiger partial charge in [0, 0.05) is 6.54 Å². The Bertz CT molecular complexity index is 598. The maximum Gasteiger partial charge on any atom is 0.335 e. The molecule has 1 aromatic rings. The number of sulfone groups is 1. The summed E-state index contributed by atoms with van der Waals surface area (Å²) >= 11 is 0. The molecule has 104 valence electrons. The van der Waals surface area contributed by atoms with Crippen molar-refractivity contribution in [1.82, 2.24) is 0 Å². The van der Waals surface area contributed by atoms with Crippen LogP contribution in [0.2, 0.25) is 0 Å². The van der Waals surface area contributed by atoms with Gasteiger partial charge in [-0.1, -0.05) is 0 Å². The number of benzene rings is 1. The lowest BCUT2D eigenvalue weighted by atomic mass is 10.1. The van der Waals surface area contributed by atoms with Gasteiger partial charge in [0.25, 0.3) is 0 Å². The van der Waals surface area contributed by atoms with E-state index in [2.05, 4.69) is 5.32 Å². The Hall–Kier alpha value is -1.76. The van der Waals surface area contributed by atoms with Crippen molar-refractivity contribution in [2.24, 2.45) is 0 Å². The van der Waals surface area contributed by atoms with Gasteiger partial charge in [-0.25, -0.2) is 13.2 Å².